The molecule has 2 aliphatic rings. The Hall–Kier alpha value is -3.66. The first kappa shape index (κ1) is 33.8. The molecule has 0 atom stereocenters. The number of piperazine rings is 2. The number of carboxylic acid groups (broad SMARTS) is 1. The molecule has 2 amide bonds. The quantitative estimate of drug-likeness (QED) is 0.381. The van der Waals surface area contributed by atoms with E-state index >= 15 is 0 Å². The SMILES string of the molecule is CC(C)(C)OC(=O)N1CCN(c2ncc(C(=O)O)s2)CC1.COC(=O)c1cnc(N2CCN(C(=O)OC(C)(C)C)CC2)s1. The summed E-state index contributed by atoms with van der Waals surface area (Å²) in [6.07, 6.45) is 2.28. The van der Waals surface area contributed by atoms with Gasteiger partial charge in [-0.3, -0.25) is 0 Å². The van der Waals surface area contributed by atoms with Gasteiger partial charge < -0.3 is 38.9 Å². The van der Waals surface area contributed by atoms with Crippen LogP contribution in [-0.4, -0.2) is 120 Å². The number of aromatic carboxylic acids is 1. The van der Waals surface area contributed by atoms with Crippen molar-refractivity contribution in [3.63, 3.8) is 0 Å². The van der Waals surface area contributed by atoms with Crippen molar-refractivity contribution in [1.82, 2.24) is 19.8 Å². The number of amides is 2. The van der Waals surface area contributed by atoms with Crippen LogP contribution in [0.2, 0.25) is 0 Å². The summed E-state index contributed by atoms with van der Waals surface area (Å²) in [5.41, 5.74) is -0.987. The van der Waals surface area contributed by atoms with Crippen LogP contribution < -0.4 is 9.80 Å². The van der Waals surface area contributed by atoms with Crippen LogP contribution in [0.3, 0.4) is 0 Å². The topological polar surface area (TPSA) is 155 Å². The Morgan fingerprint density at radius 3 is 1.40 bits per heavy atom. The molecule has 16 heteroatoms. The predicted octanol–water partition coefficient (Wildman–Crippen LogP) is 3.89. The molecule has 2 aromatic heterocycles. The molecule has 0 saturated carbocycles. The molecule has 4 heterocycles. The minimum atomic E-state index is -0.967. The van der Waals surface area contributed by atoms with Gasteiger partial charge in [0, 0.05) is 52.4 Å². The molecule has 0 bridgehead atoms. The van der Waals surface area contributed by atoms with Crippen molar-refractivity contribution in [1.29, 1.82) is 0 Å². The maximum atomic E-state index is 12.0. The lowest BCUT2D eigenvalue weighted by atomic mass is 10.2. The minimum Gasteiger partial charge on any atom is -0.477 e. The number of esters is 1. The van der Waals surface area contributed by atoms with E-state index in [1.54, 1.807) is 9.80 Å². The van der Waals surface area contributed by atoms with E-state index in [0.717, 1.165) is 16.5 Å². The summed E-state index contributed by atoms with van der Waals surface area (Å²) in [6, 6.07) is 0. The number of carbonyl (C=O) groups excluding carboxylic acids is 3. The van der Waals surface area contributed by atoms with Crippen LogP contribution in [0.5, 0.6) is 0 Å². The van der Waals surface area contributed by atoms with E-state index in [-0.39, 0.29) is 23.0 Å². The first-order chi connectivity index (χ1) is 20.1. The highest BCUT2D eigenvalue weighted by Gasteiger charge is 2.28. The maximum absolute atomic E-state index is 12.0. The van der Waals surface area contributed by atoms with Gasteiger partial charge in [-0.1, -0.05) is 22.7 Å². The van der Waals surface area contributed by atoms with Gasteiger partial charge in [0.05, 0.1) is 19.5 Å². The van der Waals surface area contributed by atoms with Gasteiger partial charge in [-0.25, -0.2) is 29.1 Å². The van der Waals surface area contributed by atoms with Crippen LogP contribution in [0.4, 0.5) is 19.9 Å². The number of ether oxygens (including phenoxy) is 3. The predicted molar refractivity (Wildman–Crippen MR) is 163 cm³/mol. The van der Waals surface area contributed by atoms with E-state index in [1.165, 1.54) is 30.8 Å². The summed E-state index contributed by atoms with van der Waals surface area (Å²) in [6.45, 7) is 15.8. The maximum Gasteiger partial charge on any atom is 0.410 e. The van der Waals surface area contributed by atoms with Gasteiger partial charge in [-0.05, 0) is 41.5 Å². The van der Waals surface area contributed by atoms with Gasteiger partial charge in [-0.2, -0.15) is 0 Å². The van der Waals surface area contributed by atoms with Crippen molar-refractivity contribution in [3.8, 4) is 0 Å². The van der Waals surface area contributed by atoms with Gasteiger partial charge in [0.25, 0.3) is 0 Å². The molecule has 4 rings (SSSR count). The summed E-state index contributed by atoms with van der Waals surface area (Å²) in [7, 11) is 1.35. The fourth-order valence-corrected chi connectivity index (χ4v) is 5.62. The molecule has 0 spiro atoms. The largest absolute Gasteiger partial charge is 0.477 e. The summed E-state index contributed by atoms with van der Waals surface area (Å²) in [5, 5.41) is 10.3. The lowest BCUT2D eigenvalue weighted by molar-refractivity contribution is 0.0230. The van der Waals surface area contributed by atoms with Crippen LogP contribution in [0.25, 0.3) is 0 Å². The Labute approximate surface area is 259 Å². The lowest BCUT2D eigenvalue weighted by Crippen LogP contribution is -2.50. The molecule has 2 aliphatic heterocycles. The van der Waals surface area contributed by atoms with Crippen molar-refractivity contribution >= 4 is 57.1 Å². The van der Waals surface area contributed by atoms with Crippen LogP contribution >= 0.6 is 22.7 Å². The highest BCUT2D eigenvalue weighted by atomic mass is 32.1. The first-order valence-corrected chi connectivity index (χ1v) is 15.4. The Kier molecular flexibility index (Phi) is 11.2. The fourth-order valence-electron chi connectivity index (χ4n) is 3.93. The third kappa shape index (κ3) is 10.2. The van der Waals surface area contributed by atoms with E-state index in [9.17, 15) is 19.2 Å². The van der Waals surface area contributed by atoms with Gasteiger partial charge in [0.1, 0.15) is 21.0 Å². The molecule has 2 aromatic rings. The average molecular weight is 641 g/mol. The van der Waals surface area contributed by atoms with E-state index in [2.05, 4.69) is 19.6 Å². The first-order valence-electron chi connectivity index (χ1n) is 13.8. The Balaban J connectivity index is 0.000000236. The molecule has 2 saturated heterocycles. The van der Waals surface area contributed by atoms with Gasteiger partial charge in [-0.15, -0.1) is 0 Å². The number of carboxylic acids is 1. The van der Waals surface area contributed by atoms with Crippen LogP contribution in [0, 0.1) is 0 Å². The Morgan fingerprint density at radius 2 is 1.07 bits per heavy atom. The van der Waals surface area contributed by atoms with Gasteiger partial charge in [0.15, 0.2) is 10.3 Å². The molecule has 0 aromatic carbocycles. The zero-order chi connectivity index (χ0) is 31.9. The second kappa shape index (κ2) is 14.2. The highest BCUT2D eigenvalue weighted by molar-refractivity contribution is 7.17. The molecular weight excluding hydrogens is 600 g/mol. The second-order valence-corrected chi connectivity index (χ2v) is 13.7. The number of aromatic nitrogens is 2. The lowest BCUT2D eigenvalue weighted by Gasteiger charge is -2.35. The zero-order valence-electron chi connectivity index (χ0n) is 25.6. The molecular formula is C27H40N6O8S2. The number of nitrogens with zero attached hydrogens (tertiary/aromatic N) is 6. The number of carbonyl (C=O) groups is 4. The third-order valence-corrected chi connectivity index (χ3v) is 8.07. The van der Waals surface area contributed by atoms with E-state index in [0.29, 0.717) is 62.4 Å². The zero-order valence-corrected chi connectivity index (χ0v) is 27.2. The van der Waals surface area contributed by atoms with Crippen LogP contribution in [0.15, 0.2) is 12.4 Å². The summed E-state index contributed by atoms with van der Waals surface area (Å²) in [5.74, 6) is -1.35. The van der Waals surface area contributed by atoms with Crippen molar-refractivity contribution < 1.29 is 38.5 Å². The highest BCUT2D eigenvalue weighted by Crippen LogP contribution is 2.25. The molecule has 0 unspecified atom stereocenters. The summed E-state index contributed by atoms with van der Waals surface area (Å²) < 4.78 is 15.4. The van der Waals surface area contributed by atoms with E-state index < -0.39 is 17.2 Å². The number of anilines is 2. The average Bonchev–Trinajstić information content (AvgIpc) is 3.62. The van der Waals surface area contributed by atoms with Crippen molar-refractivity contribution in [2.45, 2.75) is 52.7 Å². The van der Waals surface area contributed by atoms with E-state index in [4.69, 9.17) is 14.6 Å². The van der Waals surface area contributed by atoms with E-state index in [1.807, 2.05) is 46.4 Å². The van der Waals surface area contributed by atoms with Crippen LogP contribution in [0.1, 0.15) is 60.9 Å². The molecule has 238 valence electrons. The van der Waals surface area contributed by atoms with Crippen molar-refractivity contribution in [2.24, 2.45) is 0 Å². The molecule has 0 aliphatic carbocycles. The third-order valence-electron chi connectivity index (χ3n) is 5.99. The fraction of sp³-hybridized carbons (Fsp3) is 0.630. The Bertz CT molecular complexity index is 1270. The Morgan fingerprint density at radius 1 is 0.698 bits per heavy atom. The van der Waals surface area contributed by atoms with Gasteiger partial charge >= 0.3 is 24.1 Å². The normalized spacial score (nSPS) is 15.8. The number of hydrogen-bond donors (Lipinski definition) is 1. The molecule has 0 radical (unpaired) electrons. The van der Waals surface area contributed by atoms with Gasteiger partial charge in [0.2, 0.25) is 0 Å². The molecule has 43 heavy (non-hydrogen) atoms. The number of methoxy groups -OCH3 is 1. The summed E-state index contributed by atoms with van der Waals surface area (Å²) in [4.78, 5) is 62.7. The molecule has 14 nitrogen and oxygen atoms in total. The van der Waals surface area contributed by atoms with Crippen LogP contribution in [-0.2, 0) is 14.2 Å². The minimum absolute atomic E-state index is 0.222. The smallest absolute Gasteiger partial charge is 0.410 e. The number of rotatable bonds is 4. The standard InChI is InChI=1S/C14H21N3O4S.C13H19N3O4S/c1-14(2,3)21-13(19)17-7-5-16(6-8-17)12-15-9-10(22-12)11(18)20-4;1-13(2,3)20-12(19)16-6-4-15(5-7-16)11-14-8-9(21-11)10(17)18/h9H,5-8H2,1-4H3;8H,4-7H2,1-3H3,(H,17,18). The van der Waals surface area contributed by atoms with Crippen molar-refractivity contribution in [2.75, 3.05) is 69.3 Å². The number of thiazole rings is 2. The number of hydrogen-bond acceptors (Lipinski definition) is 13. The monoisotopic (exact) mass is 640 g/mol. The molecule has 2 fully saturated rings. The molecule has 1 N–H and O–H groups in total. The summed E-state index contributed by atoms with van der Waals surface area (Å²) >= 11 is 2.45. The van der Waals surface area contributed by atoms with Crippen molar-refractivity contribution in [3.05, 3.63) is 22.1 Å². The second-order valence-electron chi connectivity index (χ2n) is 11.7.